The van der Waals surface area contributed by atoms with E-state index in [2.05, 4.69) is 0 Å². The second kappa shape index (κ2) is 3.75. The fourth-order valence-corrected chi connectivity index (χ4v) is 2.99. The molecule has 1 amide bonds. The summed E-state index contributed by atoms with van der Waals surface area (Å²) >= 11 is 0. The number of aliphatic hydroxyl groups is 1. The number of rotatable bonds is 4. The standard InChI is InChI=1S/C9H17NO4S/c1-4-7(11)5-6-10-8(12)9(2,3)15(10,13)14/h7,11H,4-6H2,1-3H3. The molecule has 0 saturated carbocycles. The predicted molar refractivity (Wildman–Crippen MR) is 55.6 cm³/mol. The third-order valence-corrected chi connectivity index (χ3v) is 5.21. The van der Waals surface area contributed by atoms with Gasteiger partial charge in [0.15, 0.2) is 4.75 Å². The fraction of sp³-hybridized carbons (Fsp3) is 0.889. The summed E-state index contributed by atoms with van der Waals surface area (Å²) < 4.78 is 22.8. The van der Waals surface area contributed by atoms with E-state index < -0.39 is 20.9 Å². The van der Waals surface area contributed by atoms with Crippen LogP contribution in [0.1, 0.15) is 33.6 Å². The van der Waals surface area contributed by atoms with E-state index in [1.54, 1.807) is 6.92 Å². The van der Waals surface area contributed by atoms with Crippen LogP contribution in [0, 0.1) is 0 Å². The lowest BCUT2D eigenvalue weighted by molar-refractivity contribution is -0.132. The second-order valence-corrected chi connectivity index (χ2v) is 6.65. The quantitative estimate of drug-likeness (QED) is 0.750. The smallest absolute Gasteiger partial charge is 0.258 e. The maximum absolute atomic E-state index is 11.6. The maximum Gasteiger partial charge on any atom is 0.258 e. The zero-order valence-corrected chi connectivity index (χ0v) is 10.0. The summed E-state index contributed by atoms with van der Waals surface area (Å²) in [7, 11) is -3.48. The summed E-state index contributed by atoms with van der Waals surface area (Å²) in [6.07, 6.45) is 0.319. The number of hydrogen-bond donors (Lipinski definition) is 1. The molecule has 1 fully saturated rings. The summed E-state index contributed by atoms with van der Waals surface area (Å²) in [5, 5.41) is 9.28. The van der Waals surface area contributed by atoms with Gasteiger partial charge >= 0.3 is 0 Å². The molecule has 5 nitrogen and oxygen atoms in total. The average Bonchev–Trinajstić information content (AvgIpc) is 2.16. The number of sulfonamides is 1. The zero-order valence-electron chi connectivity index (χ0n) is 9.23. The third kappa shape index (κ3) is 1.76. The summed E-state index contributed by atoms with van der Waals surface area (Å²) in [5.41, 5.74) is 0. The first-order valence-electron chi connectivity index (χ1n) is 5.00. The molecular weight excluding hydrogens is 218 g/mol. The minimum absolute atomic E-state index is 0.0829. The van der Waals surface area contributed by atoms with E-state index in [0.717, 1.165) is 4.31 Å². The molecule has 1 saturated heterocycles. The molecule has 1 N–H and O–H groups in total. The Morgan fingerprint density at radius 3 is 2.40 bits per heavy atom. The Hall–Kier alpha value is -0.620. The van der Waals surface area contributed by atoms with Gasteiger partial charge in [0.1, 0.15) is 0 Å². The molecule has 1 heterocycles. The molecule has 0 aromatic rings. The largest absolute Gasteiger partial charge is 0.393 e. The van der Waals surface area contributed by atoms with Crippen molar-refractivity contribution in [2.75, 3.05) is 6.54 Å². The van der Waals surface area contributed by atoms with Crippen LogP contribution in [-0.2, 0) is 14.8 Å². The Kier molecular flexibility index (Phi) is 3.11. The molecule has 1 rings (SSSR count). The van der Waals surface area contributed by atoms with E-state index in [9.17, 15) is 18.3 Å². The highest BCUT2D eigenvalue weighted by Gasteiger charge is 2.59. The molecule has 1 aliphatic heterocycles. The van der Waals surface area contributed by atoms with Crippen molar-refractivity contribution in [3.63, 3.8) is 0 Å². The highest BCUT2D eigenvalue weighted by Crippen LogP contribution is 2.34. The molecule has 0 aromatic heterocycles. The molecule has 6 heteroatoms. The number of carbonyl (C=O) groups is 1. The van der Waals surface area contributed by atoms with Gasteiger partial charge in [-0.15, -0.1) is 0 Å². The zero-order chi connectivity index (χ0) is 11.9. The van der Waals surface area contributed by atoms with E-state index in [1.807, 2.05) is 0 Å². The van der Waals surface area contributed by atoms with Crippen LogP contribution in [0.3, 0.4) is 0 Å². The Morgan fingerprint density at radius 1 is 1.47 bits per heavy atom. The average molecular weight is 235 g/mol. The Labute approximate surface area is 90.1 Å². The normalized spacial score (nSPS) is 24.8. The monoisotopic (exact) mass is 235 g/mol. The summed E-state index contributed by atoms with van der Waals surface area (Å²) in [5.74, 6) is -0.384. The second-order valence-electron chi connectivity index (χ2n) is 4.24. The van der Waals surface area contributed by atoms with Crippen LogP contribution in [0.2, 0.25) is 0 Å². The first kappa shape index (κ1) is 12.4. The van der Waals surface area contributed by atoms with E-state index in [1.165, 1.54) is 13.8 Å². The third-order valence-electron chi connectivity index (χ3n) is 2.81. The number of nitrogens with zero attached hydrogens (tertiary/aromatic N) is 1. The summed E-state index contributed by atoms with van der Waals surface area (Å²) in [6.45, 7) is 4.69. The molecule has 15 heavy (non-hydrogen) atoms. The van der Waals surface area contributed by atoms with Gasteiger partial charge in [-0.3, -0.25) is 4.79 Å². The number of hydrogen-bond acceptors (Lipinski definition) is 4. The van der Waals surface area contributed by atoms with Gasteiger partial charge in [-0.05, 0) is 26.7 Å². The van der Waals surface area contributed by atoms with E-state index in [-0.39, 0.29) is 12.5 Å². The minimum Gasteiger partial charge on any atom is -0.393 e. The van der Waals surface area contributed by atoms with Gasteiger partial charge in [0.05, 0.1) is 6.10 Å². The highest BCUT2D eigenvalue weighted by atomic mass is 32.2. The lowest BCUT2D eigenvalue weighted by atomic mass is 10.1. The molecular formula is C9H17NO4S. The maximum atomic E-state index is 11.6. The van der Waals surface area contributed by atoms with Crippen LogP contribution in [0.25, 0.3) is 0 Å². The van der Waals surface area contributed by atoms with Crippen LogP contribution in [0.5, 0.6) is 0 Å². The lowest BCUT2D eigenvalue weighted by Gasteiger charge is -2.43. The van der Waals surface area contributed by atoms with Crippen LogP contribution in [0.15, 0.2) is 0 Å². The van der Waals surface area contributed by atoms with Crippen molar-refractivity contribution >= 4 is 15.9 Å². The van der Waals surface area contributed by atoms with Crippen LogP contribution in [-0.4, -0.2) is 41.1 Å². The number of amides is 1. The Bertz CT molecular complexity index is 360. The summed E-state index contributed by atoms with van der Waals surface area (Å²) in [4.78, 5) is 11.5. The van der Waals surface area contributed by atoms with Gasteiger partial charge in [-0.2, -0.15) is 0 Å². The van der Waals surface area contributed by atoms with Crippen molar-refractivity contribution in [2.45, 2.75) is 44.5 Å². The van der Waals surface area contributed by atoms with Gasteiger partial charge < -0.3 is 5.11 Å². The van der Waals surface area contributed by atoms with Crippen molar-refractivity contribution in [1.29, 1.82) is 0 Å². The molecule has 0 aliphatic carbocycles. The van der Waals surface area contributed by atoms with E-state index in [4.69, 9.17) is 0 Å². The first-order valence-corrected chi connectivity index (χ1v) is 6.44. The molecule has 0 spiro atoms. The Balaban J connectivity index is 2.64. The molecule has 1 unspecified atom stereocenters. The van der Waals surface area contributed by atoms with Crippen LogP contribution < -0.4 is 0 Å². The molecule has 88 valence electrons. The predicted octanol–water partition coefficient (Wildman–Crippen LogP) is 0.0980. The van der Waals surface area contributed by atoms with E-state index >= 15 is 0 Å². The number of aliphatic hydroxyl groups excluding tert-OH is 1. The van der Waals surface area contributed by atoms with Gasteiger partial charge in [0, 0.05) is 6.54 Å². The van der Waals surface area contributed by atoms with Crippen molar-refractivity contribution in [3.8, 4) is 0 Å². The molecule has 0 aromatic carbocycles. The number of carbonyl (C=O) groups excluding carboxylic acids is 1. The molecule has 1 aliphatic rings. The summed E-state index contributed by atoms with van der Waals surface area (Å²) in [6, 6.07) is 0. The van der Waals surface area contributed by atoms with Crippen molar-refractivity contribution in [3.05, 3.63) is 0 Å². The van der Waals surface area contributed by atoms with E-state index in [0.29, 0.717) is 12.8 Å². The first-order chi connectivity index (χ1) is 6.75. The van der Waals surface area contributed by atoms with Gasteiger partial charge in [-0.25, -0.2) is 12.7 Å². The minimum atomic E-state index is -3.48. The van der Waals surface area contributed by atoms with Crippen molar-refractivity contribution < 1.29 is 18.3 Å². The topological polar surface area (TPSA) is 74.7 Å². The van der Waals surface area contributed by atoms with Crippen LogP contribution in [0.4, 0.5) is 0 Å². The van der Waals surface area contributed by atoms with Gasteiger partial charge in [-0.1, -0.05) is 6.92 Å². The van der Waals surface area contributed by atoms with Gasteiger partial charge in [0.25, 0.3) is 15.9 Å². The van der Waals surface area contributed by atoms with Crippen LogP contribution >= 0.6 is 0 Å². The molecule has 1 atom stereocenters. The van der Waals surface area contributed by atoms with Crippen molar-refractivity contribution in [2.24, 2.45) is 0 Å². The Morgan fingerprint density at radius 2 is 2.00 bits per heavy atom. The lowest BCUT2D eigenvalue weighted by Crippen LogP contribution is -2.67. The highest BCUT2D eigenvalue weighted by molar-refractivity contribution is 7.94. The fourth-order valence-electron chi connectivity index (χ4n) is 1.45. The van der Waals surface area contributed by atoms with Crippen molar-refractivity contribution in [1.82, 2.24) is 4.31 Å². The molecule has 0 radical (unpaired) electrons. The SMILES string of the molecule is CCC(O)CCN1C(=O)C(C)(C)S1(=O)=O. The van der Waals surface area contributed by atoms with Gasteiger partial charge in [0.2, 0.25) is 0 Å². The molecule has 0 bridgehead atoms.